The molecular weight excluding hydrogens is 242 g/mol. The van der Waals surface area contributed by atoms with Crippen molar-refractivity contribution >= 4 is 5.91 Å². The number of para-hydroxylation sites is 1. The summed E-state index contributed by atoms with van der Waals surface area (Å²) in [6, 6.07) is 7.30. The van der Waals surface area contributed by atoms with Gasteiger partial charge in [0.15, 0.2) is 0 Å². The molecule has 2 rings (SSSR count). The summed E-state index contributed by atoms with van der Waals surface area (Å²) in [6.45, 7) is 3.91. The van der Waals surface area contributed by atoms with Crippen molar-refractivity contribution in [1.82, 2.24) is 10.2 Å². The normalized spacial score (nSPS) is 21.0. The molecule has 0 aromatic heterocycles. The summed E-state index contributed by atoms with van der Waals surface area (Å²) in [4.78, 5) is 14.1. The van der Waals surface area contributed by atoms with Crippen LogP contribution in [0, 0.1) is 0 Å². The lowest BCUT2D eigenvalue weighted by Crippen LogP contribution is -2.52. The van der Waals surface area contributed by atoms with Crippen molar-refractivity contribution in [2.75, 3.05) is 26.7 Å². The maximum absolute atomic E-state index is 12.2. The highest BCUT2D eigenvalue weighted by Crippen LogP contribution is 2.30. The van der Waals surface area contributed by atoms with E-state index in [1.165, 1.54) is 0 Å². The first-order chi connectivity index (χ1) is 9.15. The molecule has 2 unspecified atom stereocenters. The standard InChI is InChI=1S/C14H21N3O2/c1-10(15)14(18)17-8-7-16-9-12(17)11-5-3-4-6-13(11)19-2/h3-6,10,12,16H,7-9,15H2,1-2H3. The highest BCUT2D eigenvalue weighted by atomic mass is 16.5. The molecule has 0 radical (unpaired) electrons. The lowest BCUT2D eigenvalue weighted by atomic mass is 10.0. The number of ether oxygens (including phenoxy) is 1. The molecule has 5 heteroatoms. The Balaban J connectivity index is 2.31. The molecule has 1 aliphatic heterocycles. The predicted molar refractivity (Wildman–Crippen MR) is 74.0 cm³/mol. The van der Waals surface area contributed by atoms with E-state index in [2.05, 4.69) is 5.32 Å². The van der Waals surface area contributed by atoms with Crippen LogP contribution in [0.5, 0.6) is 5.75 Å². The number of piperazine rings is 1. The summed E-state index contributed by atoms with van der Waals surface area (Å²) in [5.41, 5.74) is 6.75. The third kappa shape index (κ3) is 2.88. The molecule has 1 aromatic carbocycles. The van der Waals surface area contributed by atoms with Gasteiger partial charge in [-0.1, -0.05) is 18.2 Å². The number of carbonyl (C=O) groups is 1. The maximum Gasteiger partial charge on any atom is 0.239 e. The summed E-state index contributed by atoms with van der Waals surface area (Å²) in [5, 5.41) is 3.32. The Labute approximate surface area is 113 Å². The molecule has 2 atom stereocenters. The molecule has 0 spiro atoms. The second-order valence-electron chi connectivity index (χ2n) is 4.78. The zero-order valence-corrected chi connectivity index (χ0v) is 11.4. The monoisotopic (exact) mass is 263 g/mol. The summed E-state index contributed by atoms with van der Waals surface area (Å²) >= 11 is 0. The number of rotatable bonds is 3. The molecule has 1 saturated heterocycles. The van der Waals surface area contributed by atoms with Gasteiger partial charge < -0.3 is 20.7 Å². The first-order valence-electron chi connectivity index (χ1n) is 6.55. The third-order valence-corrected chi connectivity index (χ3v) is 3.41. The summed E-state index contributed by atoms with van der Waals surface area (Å²) < 4.78 is 5.39. The van der Waals surface area contributed by atoms with Crippen molar-refractivity contribution in [3.05, 3.63) is 29.8 Å². The van der Waals surface area contributed by atoms with Crippen LogP contribution in [-0.2, 0) is 4.79 Å². The van der Waals surface area contributed by atoms with E-state index in [0.29, 0.717) is 6.54 Å². The maximum atomic E-state index is 12.2. The van der Waals surface area contributed by atoms with Gasteiger partial charge in [-0.2, -0.15) is 0 Å². The highest BCUT2D eigenvalue weighted by molar-refractivity contribution is 5.82. The van der Waals surface area contributed by atoms with Gasteiger partial charge in [0.25, 0.3) is 0 Å². The van der Waals surface area contributed by atoms with Crippen molar-refractivity contribution in [3.8, 4) is 5.75 Å². The van der Waals surface area contributed by atoms with Crippen LogP contribution < -0.4 is 15.8 Å². The van der Waals surface area contributed by atoms with Gasteiger partial charge in [-0.25, -0.2) is 0 Å². The van der Waals surface area contributed by atoms with Crippen molar-refractivity contribution in [1.29, 1.82) is 0 Å². The number of nitrogens with one attached hydrogen (secondary N) is 1. The number of hydrogen-bond acceptors (Lipinski definition) is 4. The van der Waals surface area contributed by atoms with Gasteiger partial charge in [-0.3, -0.25) is 4.79 Å². The second kappa shape index (κ2) is 6.04. The Bertz CT molecular complexity index is 448. The van der Waals surface area contributed by atoms with E-state index in [4.69, 9.17) is 10.5 Å². The number of carbonyl (C=O) groups excluding carboxylic acids is 1. The zero-order chi connectivity index (χ0) is 13.8. The quantitative estimate of drug-likeness (QED) is 0.834. The van der Waals surface area contributed by atoms with Gasteiger partial charge in [0.05, 0.1) is 19.2 Å². The Morgan fingerprint density at radius 1 is 1.53 bits per heavy atom. The molecule has 104 valence electrons. The van der Waals surface area contributed by atoms with Gasteiger partial charge in [-0.05, 0) is 13.0 Å². The SMILES string of the molecule is COc1ccccc1C1CNCCN1C(=O)C(C)N. The van der Waals surface area contributed by atoms with Gasteiger partial charge in [0.2, 0.25) is 5.91 Å². The highest BCUT2D eigenvalue weighted by Gasteiger charge is 2.30. The summed E-state index contributed by atoms with van der Waals surface area (Å²) in [5.74, 6) is 0.788. The molecule has 1 aliphatic rings. The fourth-order valence-corrected chi connectivity index (χ4v) is 2.45. The van der Waals surface area contributed by atoms with Crippen LogP contribution in [0.1, 0.15) is 18.5 Å². The largest absolute Gasteiger partial charge is 0.496 e. The van der Waals surface area contributed by atoms with Gasteiger partial charge in [-0.15, -0.1) is 0 Å². The number of nitrogens with zero attached hydrogens (tertiary/aromatic N) is 1. The lowest BCUT2D eigenvalue weighted by Gasteiger charge is -2.38. The molecule has 3 N–H and O–H groups in total. The van der Waals surface area contributed by atoms with Crippen LogP contribution in [0.25, 0.3) is 0 Å². The van der Waals surface area contributed by atoms with Crippen LogP contribution in [0.15, 0.2) is 24.3 Å². The molecule has 0 bridgehead atoms. The van der Waals surface area contributed by atoms with Gasteiger partial charge >= 0.3 is 0 Å². The van der Waals surface area contributed by atoms with E-state index in [9.17, 15) is 4.79 Å². The van der Waals surface area contributed by atoms with E-state index in [0.717, 1.165) is 24.4 Å². The number of nitrogens with two attached hydrogens (primary N) is 1. The molecule has 1 amide bonds. The topological polar surface area (TPSA) is 67.6 Å². The van der Waals surface area contributed by atoms with Crippen LogP contribution >= 0.6 is 0 Å². The molecule has 19 heavy (non-hydrogen) atoms. The molecule has 0 aliphatic carbocycles. The van der Waals surface area contributed by atoms with Gasteiger partial charge in [0, 0.05) is 25.2 Å². The van der Waals surface area contributed by atoms with Crippen molar-refractivity contribution in [3.63, 3.8) is 0 Å². The smallest absolute Gasteiger partial charge is 0.239 e. The van der Waals surface area contributed by atoms with Crippen molar-refractivity contribution < 1.29 is 9.53 Å². The molecule has 1 fully saturated rings. The summed E-state index contributed by atoms with van der Waals surface area (Å²) in [7, 11) is 1.65. The van der Waals surface area contributed by atoms with Crippen LogP contribution in [0.2, 0.25) is 0 Å². The van der Waals surface area contributed by atoms with Crippen LogP contribution in [0.3, 0.4) is 0 Å². The Morgan fingerprint density at radius 3 is 2.95 bits per heavy atom. The lowest BCUT2D eigenvalue weighted by molar-refractivity contribution is -0.135. The minimum atomic E-state index is -0.477. The van der Waals surface area contributed by atoms with Crippen LogP contribution in [-0.4, -0.2) is 43.6 Å². The minimum Gasteiger partial charge on any atom is -0.496 e. The molecule has 5 nitrogen and oxygen atoms in total. The number of methoxy groups -OCH3 is 1. The van der Waals surface area contributed by atoms with E-state index in [1.807, 2.05) is 29.2 Å². The average molecular weight is 263 g/mol. The second-order valence-corrected chi connectivity index (χ2v) is 4.78. The minimum absolute atomic E-state index is 0.0163. The Morgan fingerprint density at radius 2 is 2.26 bits per heavy atom. The van der Waals surface area contributed by atoms with E-state index < -0.39 is 6.04 Å². The third-order valence-electron chi connectivity index (χ3n) is 3.41. The first kappa shape index (κ1) is 13.8. The zero-order valence-electron chi connectivity index (χ0n) is 11.4. The van der Waals surface area contributed by atoms with Crippen LogP contribution in [0.4, 0.5) is 0 Å². The van der Waals surface area contributed by atoms with Crippen molar-refractivity contribution in [2.45, 2.75) is 19.0 Å². The van der Waals surface area contributed by atoms with Gasteiger partial charge in [0.1, 0.15) is 5.75 Å². The van der Waals surface area contributed by atoms with E-state index in [1.54, 1.807) is 14.0 Å². The van der Waals surface area contributed by atoms with Crippen molar-refractivity contribution in [2.24, 2.45) is 5.73 Å². The predicted octanol–water partition coefficient (Wildman–Crippen LogP) is 0.515. The Kier molecular flexibility index (Phi) is 4.39. The fourth-order valence-electron chi connectivity index (χ4n) is 2.45. The number of hydrogen-bond donors (Lipinski definition) is 2. The molecular formula is C14H21N3O2. The Hall–Kier alpha value is -1.59. The summed E-state index contributed by atoms with van der Waals surface area (Å²) in [6.07, 6.45) is 0. The number of benzene rings is 1. The van der Waals surface area contributed by atoms with E-state index in [-0.39, 0.29) is 11.9 Å². The molecule has 1 heterocycles. The first-order valence-corrected chi connectivity index (χ1v) is 6.55. The van der Waals surface area contributed by atoms with E-state index >= 15 is 0 Å². The molecule has 0 saturated carbocycles. The fraction of sp³-hybridized carbons (Fsp3) is 0.500. The average Bonchev–Trinajstić information content (AvgIpc) is 2.46. The molecule has 1 aromatic rings. The number of amides is 1.